The molecule has 2 aromatic heterocycles. The van der Waals surface area contributed by atoms with Gasteiger partial charge in [-0.05, 0) is 35.9 Å². The van der Waals surface area contributed by atoms with Gasteiger partial charge in [0.2, 0.25) is 0 Å². The van der Waals surface area contributed by atoms with Gasteiger partial charge in [-0.2, -0.15) is 0 Å². The zero-order chi connectivity index (χ0) is 21.7. The Hall–Kier alpha value is -3.98. The lowest BCUT2D eigenvalue weighted by Gasteiger charge is -2.11. The van der Waals surface area contributed by atoms with E-state index in [0.717, 1.165) is 22.4 Å². The van der Waals surface area contributed by atoms with Gasteiger partial charge in [-0.3, -0.25) is 4.72 Å². The Bertz CT molecular complexity index is 1310. The van der Waals surface area contributed by atoms with Crippen molar-refractivity contribution in [3.05, 3.63) is 90.7 Å². The van der Waals surface area contributed by atoms with Gasteiger partial charge in [0, 0.05) is 16.5 Å². The number of aromatic nitrogens is 3. The summed E-state index contributed by atoms with van der Waals surface area (Å²) in [5, 5.41) is 4.66. The van der Waals surface area contributed by atoms with Crippen molar-refractivity contribution in [2.24, 2.45) is 0 Å². The fraction of sp³-hybridized carbons (Fsp3) is 0.0455. The molecule has 0 spiro atoms. The van der Waals surface area contributed by atoms with Crippen molar-refractivity contribution in [2.75, 3.05) is 10.0 Å². The Labute approximate surface area is 179 Å². The number of benzene rings is 2. The normalized spacial score (nSPS) is 11.1. The molecule has 0 bridgehead atoms. The molecule has 0 radical (unpaired) electrons. The van der Waals surface area contributed by atoms with E-state index in [2.05, 4.69) is 31.6 Å². The van der Waals surface area contributed by atoms with Gasteiger partial charge < -0.3 is 10.1 Å². The van der Waals surface area contributed by atoms with Crippen molar-refractivity contribution in [3.8, 4) is 5.75 Å². The van der Waals surface area contributed by atoms with Gasteiger partial charge in [0.1, 0.15) is 30.3 Å². The van der Waals surface area contributed by atoms with Crippen LogP contribution in [0, 0.1) is 0 Å². The van der Waals surface area contributed by atoms with Crippen molar-refractivity contribution in [1.82, 2.24) is 15.0 Å². The highest BCUT2D eigenvalue weighted by molar-refractivity contribution is 7.95. The molecule has 0 aliphatic carbocycles. The average molecular weight is 433 g/mol. The molecular formula is C22H19N5O3S. The standard InChI is InChI=1S/C22H19N5O3S/c1-2-31(28,29)27-21-12-19-20(13-23-21)24-15-25-22(19)26-17-8-10-18(11-9-17)30-14-16-6-4-3-5-7-16/h2-13,15H,1,14H2,(H,23,27)(H,24,25,26). The number of ether oxygens (including phenoxy) is 1. The van der Waals surface area contributed by atoms with Gasteiger partial charge in [0.05, 0.1) is 11.7 Å². The minimum absolute atomic E-state index is 0.148. The van der Waals surface area contributed by atoms with E-state index < -0.39 is 10.0 Å². The van der Waals surface area contributed by atoms with Crippen molar-refractivity contribution in [1.29, 1.82) is 0 Å². The minimum atomic E-state index is -3.67. The molecule has 31 heavy (non-hydrogen) atoms. The molecule has 156 valence electrons. The molecule has 0 aliphatic heterocycles. The molecule has 2 heterocycles. The third-order valence-corrected chi connectivity index (χ3v) is 5.29. The highest BCUT2D eigenvalue weighted by Gasteiger charge is 2.10. The van der Waals surface area contributed by atoms with E-state index in [1.807, 2.05) is 54.6 Å². The summed E-state index contributed by atoms with van der Waals surface area (Å²) < 4.78 is 31.6. The van der Waals surface area contributed by atoms with Crippen LogP contribution < -0.4 is 14.8 Å². The van der Waals surface area contributed by atoms with Crippen LogP contribution in [0.1, 0.15) is 5.56 Å². The van der Waals surface area contributed by atoms with Crippen LogP contribution in [-0.4, -0.2) is 23.4 Å². The monoisotopic (exact) mass is 433 g/mol. The summed E-state index contributed by atoms with van der Waals surface area (Å²) in [4.78, 5) is 12.5. The predicted octanol–water partition coefficient (Wildman–Crippen LogP) is 4.23. The number of hydrogen-bond donors (Lipinski definition) is 2. The highest BCUT2D eigenvalue weighted by atomic mass is 32.2. The summed E-state index contributed by atoms with van der Waals surface area (Å²) in [6.45, 7) is 3.76. The number of hydrogen-bond acceptors (Lipinski definition) is 7. The number of fused-ring (bicyclic) bond motifs is 1. The second-order valence-electron chi connectivity index (χ2n) is 6.55. The third-order valence-electron chi connectivity index (χ3n) is 4.35. The predicted molar refractivity (Wildman–Crippen MR) is 121 cm³/mol. The SMILES string of the molecule is C=CS(=O)(=O)Nc1cc2c(Nc3ccc(OCc4ccccc4)cc3)ncnc2cn1. The summed E-state index contributed by atoms with van der Waals surface area (Å²) >= 11 is 0. The maximum atomic E-state index is 11.7. The Morgan fingerprint density at radius 1 is 1.00 bits per heavy atom. The quantitative estimate of drug-likeness (QED) is 0.428. The average Bonchev–Trinajstić information content (AvgIpc) is 2.79. The first-order valence-electron chi connectivity index (χ1n) is 9.32. The van der Waals surface area contributed by atoms with Gasteiger partial charge in [0.15, 0.2) is 0 Å². The first-order valence-corrected chi connectivity index (χ1v) is 10.9. The van der Waals surface area contributed by atoms with Crippen LogP contribution in [0.15, 0.2) is 85.2 Å². The first kappa shape index (κ1) is 20.3. The van der Waals surface area contributed by atoms with Crippen LogP contribution in [0.25, 0.3) is 10.9 Å². The first-order chi connectivity index (χ1) is 15.0. The Morgan fingerprint density at radius 2 is 1.77 bits per heavy atom. The van der Waals surface area contributed by atoms with Gasteiger partial charge in [-0.25, -0.2) is 23.4 Å². The number of nitrogens with one attached hydrogen (secondary N) is 2. The molecule has 0 saturated carbocycles. The van der Waals surface area contributed by atoms with E-state index in [0.29, 0.717) is 23.3 Å². The van der Waals surface area contributed by atoms with Crippen molar-refractivity contribution >= 4 is 38.2 Å². The number of pyridine rings is 1. The second kappa shape index (κ2) is 8.80. The van der Waals surface area contributed by atoms with Crippen molar-refractivity contribution in [3.63, 3.8) is 0 Å². The summed E-state index contributed by atoms with van der Waals surface area (Å²) in [5.41, 5.74) is 2.45. The van der Waals surface area contributed by atoms with Crippen LogP contribution in [0.3, 0.4) is 0 Å². The molecule has 0 unspecified atom stereocenters. The molecule has 0 amide bonds. The Balaban J connectivity index is 1.51. The lowest BCUT2D eigenvalue weighted by atomic mass is 10.2. The van der Waals surface area contributed by atoms with Crippen molar-refractivity contribution < 1.29 is 13.2 Å². The maximum Gasteiger partial charge on any atom is 0.255 e. The fourth-order valence-corrected chi connectivity index (χ4v) is 3.30. The molecule has 4 aromatic rings. The maximum absolute atomic E-state index is 11.7. The lowest BCUT2D eigenvalue weighted by Crippen LogP contribution is -2.09. The van der Waals surface area contributed by atoms with E-state index >= 15 is 0 Å². The van der Waals surface area contributed by atoms with Gasteiger partial charge in [0.25, 0.3) is 10.0 Å². The summed E-state index contributed by atoms with van der Waals surface area (Å²) in [5.74, 6) is 1.41. The second-order valence-corrected chi connectivity index (χ2v) is 8.17. The highest BCUT2D eigenvalue weighted by Crippen LogP contribution is 2.26. The number of rotatable bonds is 8. The minimum Gasteiger partial charge on any atom is -0.489 e. The van der Waals surface area contributed by atoms with Crippen LogP contribution in [0.2, 0.25) is 0 Å². The molecule has 0 saturated heterocycles. The van der Waals surface area contributed by atoms with E-state index in [1.165, 1.54) is 12.5 Å². The smallest absolute Gasteiger partial charge is 0.255 e. The third kappa shape index (κ3) is 5.14. The molecule has 0 atom stereocenters. The van der Waals surface area contributed by atoms with E-state index in [9.17, 15) is 8.42 Å². The largest absolute Gasteiger partial charge is 0.489 e. The van der Waals surface area contributed by atoms with E-state index in [4.69, 9.17) is 4.74 Å². The number of anilines is 3. The van der Waals surface area contributed by atoms with Crippen LogP contribution in [0.5, 0.6) is 5.75 Å². The van der Waals surface area contributed by atoms with Crippen LogP contribution in [0.4, 0.5) is 17.3 Å². The van der Waals surface area contributed by atoms with Crippen molar-refractivity contribution in [2.45, 2.75) is 6.61 Å². The molecular weight excluding hydrogens is 414 g/mol. The Morgan fingerprint density at radius 3 is 2.52 bits per heavy atom. The zero-order valence-electron chi connectivity index (χ0n) is 16.4. The molecule has 2 aromatic carbocycles. The Kier molecular flexibility index (Phi) is 5.76. The summed E-state index contributed by atoms with van der Waals surface area (Å²) in [6.07, 6.45) is 2.89. The molecule has 8 nitrogen and oxygen atoms in total. The summed E-state index contributed by atoms with van der Waals surface area (Å²) in [6, 6.07) is 19.0. The number of sulfonamides is 1. The van der Waals surface area contributed by atoms with Crippen LogP contribution in [-0.2, 0) is 16.6 Å². The van der Waals surface area contributed by atoms with Gasteiger partial charge >= 0.3 is 0 Å². The number of nitrogens with zero attached hydrogens (tertiary/aromatic N) is 3. The van der Waals surface area contributed by atoms with Gasteiger partial charge in [-0.1, -0.05) is 36.9 Å². The topological polar surface area (TPSA) is 106 Å². The fourth-order valence-electron chi connectivity index (χ4n) is 2.81. The molecule has 0 fully saturated rings. The molecule has 2 N–H and O–H groups in total. The van der Waals surface area contributed by atoms with Crippen LogP contribution >= 0.6 is 0 Å². The molecule has 9 heteroatoms. The van der Waals surface area contributed by atoms with Gasteiger partial charge in [-0.15, -0.1) is 0 Å². The lowest BCUT2D eigenvalue weighted by molar-refractivity contribution is 0.306. The summed E-state index contributed by atoms with van der Waals surface area (Å²) in [7, 11) is -3.67. The van der Waals surface area contributed by atoms with E-state index in [-0.39, 0.29) is 5.82 Å². The molecule has 4 rings (SSSR count). The van der Waals surface area contributed by atoms with E-state index in [1.54, 1.807) is 6.07 Å². The zero-order valence-corrected chi connectivity index (χ0v) is 17.2. The molecule has 0 aliphatic rings.